The fourth-order valence-corrected chi connectivity index (χ4v) is 4.72. The SMILES string of the molecule is CCCNC1(c2nc(C(C)(C)C)cs2)CCCC1CC. The minimum atomic E-state index is 0.152. The third-order valence-corrected chi connectivity index (χ3v) is 5.68. The van der Waals surface area contributed by atoms with E-state index >= 15 is 0 Å². The lowest BCUT2D eigenvalue weighted by Gasteiger charge is -2.35. The van der Waals surface area contributed by atoms with Gasteiger partial charge in [0.25, 0.3) is 0 Å². The first kappa shape index (κ1) is 16.0. The zero-order valence-corrected chi connectivity index (χ0v) is 14.6. The molecule has 2 nitrogen and oxygen atoms in total. The molecule has 2 atom stereocenters. The third kappa shape index (κ3) is 2.94. The molecule has 1 saturated carbocycles. The van der Waals surface area contributed by atoms with Gasteiger partial charge in [0.2, 0.25) is 0 Å². The molecule has 1 aromatic rings. The van der Waals surface area contributed by atoms with Crippen LogP contribution in [0.3, 0.4) is 0 Å². The predicted octanol–water partition coefficient (Wildman–Crippen LogP) is 4.85. The fourth-order valence-electron chi connectivity index (χ4n) is 3.39. The average Bonchev–Trinajstić information content (AvgIpc) is 3.02. The van der Waals surface area contributed by atoms with Gasteiger partial charge in [0.1, 0.15) is 5.01 Å². The van der Waals surface area contributed by atoms with E-state index in [2.05, 4.69) is 45.3 Å². The van der Waals surface area contributed by atoms with Gasteiger partial charge >= 0.3 is 0 Å². The molecule has 1 fully saturated rings. The van der Waals surface area contributed by atoms with Gasteiger partial charge in [-0.3, -0.25) is 0 Å². The van der Waals surface area contributed by atoms with Crippen LogP contribution < -0.4 is 5.32 Å². The van der Waals surface area contributed by atoms with Gasteiger partial charge in [0.15, 0.2) is 0 Å². The van der Waals surface area contributed by atoms with Crippen molar-refractivity contribution in [3.8, 4) is 0 Å². The Kier molecular flexibility index (Phi) is 4.91. The Morgan fingerprint density at radius 1 is 1.40 bits per heavy atom. The van der Waals surface area contributed by atoms with Crippen LogP contribution in [0.2, 0.25) is 0 Å². The Balaban J connectivity index is 2.34. The summed E-state index contributed by atoms with van der Waals surface area (Å²) in [7, 11) is 0. The van der Waals surface area contributed by atoms with Crippen molar-refractivity contribution in [1.29, 1.82) is 0 Å². The van der Waals surface area contributed by atoms with E-state index < -0.39 is 0 Å². The van der Waals surface area contributed by atoms with Crippen molar-refractivity contribution >= 4 is 11.3 Å². The molecular formula is C17H30N2S. The van der Waals surface area contributed by atoms with Crippen molar-refractivity contribution in [2.45, 2.75) is 77.7 Å². The quantitative estimate of drug-likeness (QED) is 0.840. The van der Waals surface area contributed by atoms with Crippen LogP contribution in [-0.4, -0.2) is 11.5 Å². The lowest BCUT2D eigenvalue weighted by molar-refractivity contribution is 0.239. The van der Waals surface area contributed by atoms with E-state index in [1.165, 1.54) is 42.8 Å². The molecule has 3 heteroatoms. The van der Waals surface area contributed by atoms with Gasteiger partial charge in [0.05, 0.1) is 11.2 Å². The van der Waals surface area contributed by atoms with E-state index in [-0.39, 0.29) is 11.0 Å². The lowest BCUT2D eigenvalue weighted by atomic mass is 9.85. The van der Waals surface area contributed by atoms with E-state index in [9.17, 15) is 0 Å². The zero-order valence-electron chi connectivity index (χ0n) is 13.8. The van der Waals surface area contributed by atoms with Gasteiger partial charge < -0.3 is 5.32 Å². The largest absolute Gasteiger partial charge is 0.305 e. The maximum atomic E-state index is 5.04. The van der Waals surface area contributed by atoms with Crippen LogP contribution in [0.5, 0.6) is 0 Å². The Morgan fingerprint density at radius 2 is 2.15 bits per heavy atom. The Hall–Kier alpha value is -0.410. The topological polar surface area (TPSA) is 24.9 Å². The maximum absolute atomic E-state index is 5.04. The van der Waals surface area contributed by atoms with E-state index in [4.69, 9.17) is 4.98 Å². The molecule has 0 aromatic carbocycles. The van der Waals surface area contributed by atoms with Crippen molar-refractivity contribution in [3.63, 3.8) is 0 Å². The van der Waals surface area contributed by atoms with Crippen LogP contribution in [0.15, 0.2) is 5.38 Å². The van der Waals surface area contributed by atoms with E-state index in [1.54, 1.807) is 0 Å². The lowest BCUT2D eigenvalue weighted by Crippen LogP contribution is -2.45. The highest BCUT2D eigenvalue weighted by Gasteiger charge is 2.45. The summed E-state index contributed by atoms with van der Waals surface area (Å²) < 4.78 is 0. The highest BCUT2D eigenvalue weighted by Crippen LogP contribution is 2.46. The molecule has 1 aliphatic rings. The van der Waals surface area contributed by atoms with E-state index in [0.717, 1.165) is 12.5 Å². The minimum Gasteiger partial charge on any atom is -0.305 e. The van der Waals surface area contributed by atoms with Crippen molar-refractivity contribution in [1.82, 2.24) is 10.3 Å². The third-order valence-electron chi connectivity index (χ3n) is 4.66. The molecule has 1 N–H and O–H groups in total. The summed E-state index contributed by atoms with van der Waals surface area (Å²) in [5.41, 5.74) is 1.55. The summed E-state index contributed by atoms with van der Waals surface area (Å²) in [4.78, 5) is 5.04. The molecule has 0 amide bonds. The molecule has 0 saturated heterocycles. The summed E-state index contributed by atoms with van der Waals surface area (Å²) in [6.07, 6.45) is 6.37. The summed E-state index contributed by atoms with van der Waals surface area (Å²) in [6.45, 7) is 12.4. The highest BCUT2D eigenvalue weighted by atomic mass is 32.1. The number of hydrogen-bond donors (Lipinski definition) is 1. The molecule has 1 heterocycles. The van der Waals surface area contributed by atoms with Gasteiger partial charge in [-0.15, -0.1) is 11.3 Å². The van der Waals surface area contributed by atoms with Gasteiger partial charge in [0, 0.05) is 10.8 Å². The van der Waals surface area contributed by atoms with Crippen LogP contribution in [0.4, 0.5) is 0 Å². The number of rotatable bonds is 5. The second-order valence-electron chi connectivity index (χ2n) is 7.18. The number of hydrogen-bond acceptors (Lipinski definition) is 3. The van der Waals surface area contributed by atoms with Crippen molar-refractivity contribution in [2.75, 3.05) is 6.54 Å². The van der Waals surface area contributed by atoms with Crippen LogP contribution in [0.25, 0.3) is 0 Å². The number of aromatic nitrogens is 1. The predicted molar refractivity (Wildman–Crippen MR) is 88.4 cm³/mol. The molecule has 2 unspecified atom stereocenters. The van der Waals surface area contributed by atoms with E-state index in [0.29, 0.717) is 0 Å². The fraction of sp³-hybridized carbons (Fsp3) is 0.824. The summed E-state index contributed by atoms with van der Waals surface area (Å²) in [6, 6.07) is 0. The Bertz CT molecular complexity index is 432. The van der Waals surface area contributed by atoms with Crippen LogP contribution in [0, 0.1) is 5.92 Å². The van der Waals surface area contributed by atoms with Gasteiger partial charge in [-0.1, -0.05) is 47.5 Å². The van der Waals surface area contributed by atoms with Crippen LogP contribution in [0.1, 0.15) is 77.4 Å². The highest BCUT2D eigenvalue weighted by molar-refractivity contribution is 7.09. The second-order valence-corrected chi connectivity index (χ2v) is 8.04. The first-order chi connectivity index (χ1) is 9.44. The number of nitrogens with zero attached hydrogens (tertiary/aromatic N) is 1. The van der Waals surface area contributed by atoms with E-state index in [1.807, 2.05) is 11.3 Å². The molecule has 0 bridgehead atoms. The van der Waals surface area contributed by atoms with Gasteiger partial charge in [-0.05, 0) is 31.7 Å². The van der Waals surface area contributed by atoms with Crippen molar-refractivity contribution in [2.24, 2.45) is 5.92 Å². The molecule has 114 valence electrons. The first-order valence-corrected chi connectivity index (χ1v) is 9.03. The summed E-state index contributed by atoms with van der Waals surface area (Å²) in [5, 5.41) is 7.48. The van der Waals surface area contributed by atoms with Gasteiger partial charge in [-0.25, -0.2) is 4.98 Å². The average molecular weight is 295 g/mol. The molecule has 0 aliphatic heterocycles. The molecule has 2 rings (SSSR count). The minimum absolute atomic E-state index is 0.152. The second kappa shape index (κ2) is 6.15. The van der Waals surface area contributed by atoms with Gasteiger partial charge in [-0.2, -0.15) is 0 Å². The molecule has 0 radical (unpaired) electrons. The molecular weight excluding hydrogens is 264 g/mol. The van der Waals surface area contributed by atoms with Crippen LogP contribution >= 0.6 is 11.3 Å². The smallest absolute Gasteiger partial charge is 0.113 e. The summed E-state index contributed by atoms with van der Waals surface area (Å²) >= 11 is 1.87. The number of thiazole rings is 1. The molecule has 1 aliphatic carbocycles. The standard InChI is InChI=1S/C17H30N2S/c1-6-11-18-17(10-8-9-13(17)7-2)15-19-14(12-20-15)16(3,4)5/h12-13,18H,6-11H2,1-5H3. The first-order valence-electron chi connectivity index (χ1n) is 8.15. The molecule has 1 aromatic heterocycles. The summed E-state index contributed by atoms with van der Waals surface area (Å²) in [5.74, 6) is 0.744. The monoisotopic (exact) mass is 294 g/mol. The Labute approximate surface area is 128 Å². The van der Waals surface area contributed by atoms with Crippen molar-refractivity contribution in [3.05, 3.63) is 16.1 Å². The number of nitrogens with one attached hydrogen (secondary N) is 1. The Morgan fingerprint density at radius 3 is 2.70 bits per heavy atom. The van der Waals surface area contributed by atoms with Crippen molar-refractivity contribution < 1.29 is 0 Å². The normalized spacial score (nSPS) is 27.1. The van der Waals surface area contributed by atoms with Crippen LogP contribution in [-0.2, 0) is 11.0 Å². The maximum Gasteiger partial charge on any atom is 0.113 e. The molecule has 20 heavy (non-hydrogen) atoms. The zero-order chi connectivity index (χ0) is 14.8. The molecule has 0 spiro atoms.